The molecule has 0 amide bonds. The largest absolute Gasteiger partial charge is 0.396 e. The molecular weight excluding hydrogens is 244 g/mol. The van der Waals surface area contributed by atoms with Crippen LogP contribution in [-0.2, 0) is 11.2 Å². The third-order valence-corrected chi connectivity index (χ3v) is 4.89. The third-order valence-electron chi connectivity index (χ3n) is 3.64. The minimum atomic E-state index is -0.243. The molecule has 1 atom stereocenters. The van der Waals surface area contributed by atoms with Gasteiger partial charge in [-0.1, -0.05) is 30.3 Å². The first-order valence-electron chi connectivity index (χ1n) is 6.53. The summed E-state index contributed by atoms with van der Waals surface area (Å²) in [5.74, 6) is 2.24. The summed E-state index contributed by atoms with van der Waals surface area (Å²) in [7, 11) is 0. The highest BCUT2D eigenvalue weighted by atomic mass is 32.2. The van der Waals surface area contributed by atoms with E-state index in [4.69, 9.17) is 5.11 Å². The SMILES string of the molecule is O=C1CCSC[C@@]1(CCCO)Cc1ccccc1. The number of thioether (sulfide) groups is 1. The topological polar surface area (TPSA) is 37.3 Å². The van der Waals surface area contributed by atoms with Crippen LogP contribution in [-0.4, -0.2) is 29.0 Å². The van der Waals surface area contributed by atoms with Crippen molar-refractivity contribution in [3.63, 3.8) is 0 Å². The molecule has 98 valence electrons. The Labute approximate surface area is 113 Å². The van der Waals surface area contributed by atoms with Crippen molar-refractivity contribution >= 4 is 17.5 Å². The van der Waals surface area contributed by atoms with Gasteiger partial charge in [-0.2, -0.15) is 11.8 Å². The summed E-state index contributed by atoms with van der Waals surface area (Å²) in [6.45, 7) is 0.175. The minimum absolute atomic E-state index is 0.175. The molecule has 2 rings (SSSR count). The summed E-state index contributed by atoms with van der Waals surface area (Å²) in [6.07, 6.45) is 3.03. The molecule has 1 saturated heterocycles. The fourth-order valence-corrected chi connectivity index (χ4v) is 3.90. The van der Waals surface area contributed by atoms with Crippen LogP contribution in [0.4, 0.5) is 0 Å². The number of aliphatic hydroxyl groups is 1. The van der Waals surface area contributed by atoms with Crippen molar-refractivity contribution in [1.29, 1.82) is 0 Å². The van der Waals surface area contributed by atoms with Crippen molar-refractivity contribution in [2.45, 2.75) is 25.7 Å². The Morgan fingerprint density at radius 3 is 2.72 bits per heavy atom. The smallest absolute Gasteiger partial charge is 0.141 e. The van der Waals surface area contributed by atoms with Gasteiger partial charge >= 0.3 is 0 Å². The lowest BCUT2D eigenvalue weighted by molar-refractivity contribution is -0.128. The second kappa shape index (κ2) is 6.39. The monoisotopic (exact) mass is 264 g/mol. The van der Waals surface area contributed by atoms with Crippen molar-refractivity contribution < 1.29 is 9.90 Å². The Bertz CT molecular complexity index is 391. The quantitative estimate of drug-likeness (QED) is 0.888. The third kappa shape index (κ3) is 3.15. The maximum absolute atomic E-state index is 12.3. The zero-order valence-electron chi connectivity index (χ0n) is 10.6. The first-order chi connectivity index (χ1) is 8.77. The fourth-order valence-electron chi connectivity index (χ4n) is 2.63. The van der Waals surface area contributed by atoms with Gasteiger partial charge in [-0.25, -0.2) is 0 Å². The van der Waals surface area contributed by atoms with E-state index in [-0.39, 0.29) is 12.0 Å². The number of hydrogen-bond acceptors (Lipinski definition) is 3. The van der Waals surface area contributed by atoms with Crippen molar-refractivity contribution in [1.82, 2.24) is 0 Å². The molecule has 1 fully saturated rings. The average Bonchev–Trinajstić information content (AvgIpc) is 2.41. The van der Waals surface area contributed by atoms with E-state index in [0.29, 0.717) is 12.2 Å². The summed E-state index contributed by atoms with van der Waals surface area (Å²) in [5, 5.41) is 9.05. The lowest BCUT2D eigenvalue weighted by atomic mass is 9.74. The van der Waals surface area contributed by atoms with Crippen molar-refractivity contribution in [2.24, 2.45) is 5.41 Å². The van der Waals surface area contributed by atoms with Gasteiger partial charge in [0.15, 0.2) is 0 Å². The summed E-state index contributed by atoms with van der Waals surface area (Å²) in [5.41, 5.74) is 0.985. The first kappa shape index (κ1) is 13.6. The summed E-state index contributed by atoms with van der Waals surface area (Å²) in [4.78, 5) is 12.3. The number of rotatable bonds is 5. The predicted octanol–water partition coefficient (Wildman–Crippen LogP) is 2.69. The molecule has 0 aliphatic carbocycles. The molecule has 0 spiro atoms. The molecule has 0 saturated carbocycles. The molecule has 0 radical (unpaired) electrons. The van der Waals surface area contributed by atoms with E-state index in [1.54, 1.807) is 0 Å². The summed E-state index contributed by atoms with van der Waals surface area (Å²) in [6, 6.07) is 10.2. The van der Waals surface area contributed by atoms with Gasteiger partial charge in [-0.05, 0) is 24.8 Å². The van der Waals surface area contributed by atoms with E-state index in [0.717, 1.165) is 30.8 Å². The Kier molecular flexibility index (Phi) is 4.84. The minimum Gasteiger partial charge on any atom is -0.396 e. The average molecular weight is 264 g/mol. The molecule has 0 aromatic heterocycles. The highest BCUT2D eigenvalue weighted by Crippen LogP contribution is 2.38. The van der Waals surface area contributed by atoms with Gasteiger partial charge in [0.05, 0.1) is 0 Å². The first-order valence-corrected chi connectivity index (χ1v) is 7.68. The highest BCUT2D eigenvalue weighted by molar-refractivity contribution is 7.99. The van der Waals surface area contributed by atoms with Gasteiger partial charge < -0.3 is 5.11 Å². The van der Waals surface area contributed by atoms with Crippen molar-refractivity contribution in [2.75, 3.05) is 18.1 Å². The molecule has 0 bridgehead atoms. The van der Waals surface area contributed by atoms with E-state index in [9.17, 15) is 4.79 Å². The molecule has 1 aromatic rings. The standard InChI is InChI=1S/C15H20O2S/c16-9-4-8-15(12-18-10-7-14(15)17)11-13-5-2-1-3-6-13/h1-3,5-6,16H,4,7-12H2/t15-/m1/s1. The molecule has 1 aliphatic heterocycles. The van der Waals surface area contributed by atoms with Crippen LogP contribution in [0.5, 0.6) is 0 Å². The van der Waals surface area contributed by atoms with Crippen LogP contribution in [0.3, 0.4) is 0 Å². The second-order valence-corrected chi connectivity index (χ2v) is 6.10. The predicted molar refractivity (Wildman–Crippen MR) is 75.8 cm³/mol. The van der Waals surface area contributed by atoms with Crippen LogP contribution in [0, 0.1) is 5.41 Å². The van der Waals surface area contributed by atoms with Crippen LogP contribution in [0.1, 0.15) is 24.8 Å². The molecular formula is C15H20O2S. The van der Waals surface area contributed by atoms with Gasteiger partial charge in [0.2, 0.25) is 0 Å². The molecule has 18 heavy (non-hydrogen) atoms. The highest BCUT2D eigenvalue weighted by Gasteiger charge is 2.39. The number of Topliss-reactive ketones (excluding diaryl/α,β-unsaturated/α-hetero) is 1. The van der Waals surface area contributed by atoms with E-state index < -0.39 is 0 Å². The molecule has 0 unspecified atom stereocenters. The number of aliphatic hydroxyl groups excluding tert-OH is 1. The van der Waals surface area contributed by atoms with Crippen LogP contribution in [0.25, 0.3) is 0 Å². The van der Waals surface area contributed by atoms with Gasteiger partial charge in [0, 0.05) is 29.9 Å². The van der Waals surface area contributed by atoms with E-state index >= 15 is 0 Å². The Morgan fingerprint density at radius 1 is 1.28 bits per heavy atom. The van der Waals surface area contributed by atoms with Crippen LogP contribution in [0.15, 0.2) is 30.3 Å². The fraction of sp³-hybridized carbons (Fsp3) is 0.533. The molecule has 2 nitrogen and oxygen atoms in total. The Hall–Kier alpha value is -0.800. The van der Waals surface area contributed by atoms with Crippen LogP contribution < -0.4 is 0 Å². The molecule has 1 aliphatic rings. The number of carbonyl (C=O) groups excluding carboxylic acids is 1. The number of hydrogen-bond donors (Lipinski definition) is 1. The zero-order valence-corrected chi connectivity index (χ0v) is 11.4. The van der Waals surface area contributed by atoms with Gasteiger partial charge in [-0.3, -0.25) is 4.79 Å². The van der Waals surface area contributed by atoms with Gasteiger partial charge in [0.1, 0.15) is 5.78 Å². The number of ketones is 1. The van der Waals surface area contributed by atoms with E-state index in [1.807, 2.05) is 30.0 Å². The zero-order chi connectivity index (χ0) is 12.8. The second-order valence-electron chi connectivity index (χ2n) is 5.00. The lowest BCUT2D eigenvalue weighted by Gasteiger charge is -2.35. The maximum atomic E-state index is 12.3. The Balaban J connectivity index is 2.16. The van der Waals surface area contributed by atoms with E-state index in [2.05, 4.69) is 12.1 Å². The maximum Gasteiger partial charge on any atom is 0.141 e. The summed E-state index contributed by atoms with van der Waals surface area (Å²) >= 11 is 1.87. The van der Waals surface area contributed by atoms with Gasteiger partial charge in [-0.15, -0.1) is 0 Å². The summed E-state index contributed by atoms with van der Waals surface area (Å²) < 4.78 is 0. The van der Waals surface area contributed by atoms with E-state index in [1.165, 1.54) is 5.56 Å². The number of carbonyl (C=O) groups is 1. The normalized spacial score (nSPS) is 24.2. The molecule has 1 N–H and O–H groups in total. The van der Waals surface area contributed by atoms with Gasteiger partial charge in [0.25, 0.3) is 0 Å². The lowest BCUT2D eigenvalue weighted by Crippen LogP contribution is -2.39. The van der Waals surface area contributed by atoms with Crippen LogP contribution >= 0.6 is 11.8 Å². The molecule has 3 heteroatoms. The van der Waals surface area contributed by atoms with Crippen LogP contribution in [0.2, 0.25) is 0 Å². The molecule has 1 aromatic carbocycles. The number of benzene rings is 1. The molecule has 1 heterocycles. The Morgan fingerprint density at radius 2 is 2.06 bits per heavy atom. The van der Waals surface area contributed by atoms with Crippen molar-refractivity contribution in [3.8, 4) is 0 Å². The van der Waals surface area contributed by atoms with Crippen molar-refractivity contribution in [3.05, 3.63) is 35.9 Å².